The fourth-order valence-electron chi connectivity index (χ4n) is 1.63. The highest BCUT2D eigenvalue weighted by molar-refractivity contribution is 5.79. The van der Waals surface area contributed by atoms with Gasteiger partial charge in [-0.05, 0) is 5.92 Å². The van der Waals surface area contributed by atoms with E-state index >= 15 is 0 Å². The topological polar surface area (TPSA) is 56.1 Å². The summed E-state index contributed by atoms with van der Waals surface area (Å²) in [7, 11) is 0. The molecule has 2 unspecified atom stereocenters. The quantitative estimate of drug-likeness (QED) is 0.724. The van der Waals surface area contributed by atoms with Gasteiger partial charge in [-0.3, -0.25) is 4.79 Å². The molecule has 0 aromatic heterocycles. The minimum atomic E-state index is -0.299. The molecule has 0 aromatic carbocycles. The molecule has 0 bridgehead atoms. The molecule has 1 N–H and O–H groups in total. The predicted octanol–water partition coefficient (Wildman–Crippen LogP) is 0.602. The van der Waals surface area contributed by atoms with Gasteiger partial charge in [0, 0.05) is 25.6 Å². The van der Waals surface area contributed by atoms with Gasteiger partial charge in [-0.15, -0.1) is 0 Å². The van der Waals surface area contributed by atoms with Crippen LogP contribution in [0.1, 0.15) is 20.8 Å². The van der Waals surface area contributed by atoms with Gasteiger partial charge in [0.05, 0.1) is 6.07 Å². The maximum Gasteiger partial charge on any atom is 0.226 e. The Morgan fingerprint density at radius 3 is 2.73 bits per heavy atom. The molecule has 1 amide bonds. The fourth-order valence-corrected chi connectivity index (χ4v) is 1.63. The van der Waals surface area contributed by atoms with Crippen molar-refractivity contribution in [2.45, 2.75) is 26.8 Å². The van der Waals surface area contributed by atoms with Crippen LogP contribution in [0.5, 0.6) is 0 Å². The number of nitrogens with one attached hydrogen (secondary N) is 1. The van der Waals surface area contributed by atoms with E-state index in [2.05, 4.69) is 11.4 Å². The first-order valence-electron chi connectivity index (χ1n) is 5.48. The van der Waals surface area contributed by atoms with Crippen molar-refractivity contribution in [2.75, 3.05) is 19.6 Å². The van der Waals surface area contributed by atoms with Crippen molar-refractivity contribution >= 4 is 5.91 Å². The lowest BCUT2D eigenvalue weighted by molar-refractivity contribution is -0.138. The number of nitriles is 1. The molecule has 1 rings (SSSR count). The predicted molar refractivity (Wildman–Crippen MR) is 58.0 cm³/mol. The summed E-state index contributed by atoms with van der Waals surface area (Å²) in [6, 6.07) is 1.87. The van der Waals surface area contributed by atoms with E-state index in [9.17, 15) is 4.79 Å². The second-order valence-corrected chi connectivity index (χ2v) is 4.41. The summed E-state index contributed by atoms with van der Waals surface area (Å²) >= 11 is 0. The molecule has 15 heavy (non-hydrogen) atoms. The van der Waals surface area contributed by atoms with Crippen LogP contribution >= 0.6 is 0 Å². The first kappa shape index (κ1) is 12.0. The number of carbonyl (C=O) groups excluding carboxylic acids is 1. The van der Waals surface area contributed by atoms with Gasteiger partial charge < -0.3 is 10.2 Å². The molecule has 1 aliphatic heterocycles. The number of piperazine rings is 1. The normalized spacial score (nSPS) is 23.7. The summed E-state index contributed by atoms with van der Waals surface area (Å²) in [5.41, 5.74) is 0. The lowest BCUT2D eigenvalue weighted by Gasteiger charge is -2.34. The van der Waals surface area contributed by atoms with Crippen LogP contribution < -0.4 is 5.32 Å². The zero-order valence-corrected chi connectivity index (χ0v) is 9.66. The fraction of sp³-hybridized carbons (Fsp3) is 0.818. The van der Waals surface area contributed by atoms with Crippen molar-refractivity contribution in [1.29, 1.82) is 5.26 Å². The van der Waals surface area contributed by atoms with Crippen LogP contribution in [-0.2, 0) is 4.79 Å². The smallest absolute Gasteiger partial charge is 0.226 e. The summed E-state index contributed by atoms with van der Waals surface area (Å²) in [6.45, 7) is 8.03. The summed E-state index contributed by atoms with van der Waals surface area (Å²) in [6.07, 6.45) is 0. The van der Waals surface area contributed by atoms with Gasteiger partial charge in [0.1, 0.15) is 6.04 Å². The SMILES string of the molecule is CC(C)C(C)C(=O)N1CCNCC1C#N. The van der Waals surface area contributed by atoms with Crippen LogP contribution in [0.2, 0.25) is 0 Å². The lowest BCUT2D eigenvalue weighted by atomic mass is 9.95. The molecule has 84 valence electrons. The van der Waals surface area contributed by atoms with E-state index in [0.29, 0.717) is 19.0 Å². The van der Waals surface area contributed by atoms with Crippen molar-refractivity contribution in [3.05, 3.63) is 0 Å². The van der Waals surface area contributed by atoms with Crippen LogP contribution in [0.25, 0.3) is 0 Å². The standard InChI is InChI=1S/C11H19N3O/c1-8(2)9(3)11(15)14-5-4-13-7-10(14)6-12/h8-10,13H,4-5,7H2,1-3H3. The number of rotatable bonds is 2. The summed E-state index contributed by atoms with van der Waals surface area (Å²) in [5, 5.41) is 12.1. The molecular formula is C11H19N3O. The van der Waals surface area contributed by atoms with E-state index in [1.165, 1.54) is 0 Å². The molecule has 1 heterocycles. The van der Waals surface area contributed by atoms with E-state index in [4.69, 9.17) is 5.26 Å². The van der Waals surface area contributed by atoms with E-state index in [1.54, 1.807) is 4.90 Å². The van der Waals surface area contributed by atoms with Crippen molar-refractivity contribution in [3.8, 4) is 6.07 Å². The molecule has 0 aromatic rings. The van der Waals surface area contributed by atoms with Crippen molar-refractivity contribution in [3.63, 3.8) is 0 Å². The van der Waals surface area contributed by atoms with Gasteiger partial charge in [0.2, 0.25) is 5.91 Å². The Labute approximate surface area is 91.2 Å². The third-order valence-electron chi connectivity index (χ3n) is 3.07. The minimum absolute atomic E-state index is 0.000972. The van der Waals surface area contributed by atoms with Crippen molar-refractivity contribution < 1.29 is 4.79 Å². The summed E-state index contributed by atoms with van der Waals surface area (Å²) in [5.74, 6) is 0.434. The molecule has 1 aliphatic rings. The molecule has 1 fully saturated rings. The second kappa shape index (κ2) is 5.13. The molecule has 2 atom stereocenters. The maximum atomic E-state index is 12.1. The number of hydrogen-bond donors (Lipinski definition) is 1. The average Bonchev–Trinajstić information content (AvgIpc) is 2.26. The minimum Gasteiger partial charge on any atom is -0.324 e. The Bertz CT molecular complexity index is 269. The third kappa shape index (κ3) is 2.69. The second-order valence-electron chi connectivity index (χ2n) is 4.41. The molecule has 0 aliphatic carbocycles. The van der Waals surface area contributed by atoms with E-state index < -0.39 is 0 Å². The molecular weight excluding hydrogens is 190 g/mol. The van der Waals surface area contributed by atoms with Gasteiger partial charge >= 0.3 is 0 Å². The van der Waals surface area contributed by atoms with Crippen molar-refractivity contribution in [1.82, 2.24) is 10.2 Å². The number of amides is 1. The van der Waals surface area contributed by atoms with E-state index in [0.717, 1.165) is 6.54 Å². The van der Waals surface area contributed by atoms with E-state index in [-0.39, 0.29) is 17.9 Å². The largest absolute Gasteiger partial charge is 0.324 e. The summed E-state index contributed by atoms with van der Waals surface area (Å²) < 4.78 is 0. The highest BCUT2D eigenvalue weighted by atomic mass is 16.2. The number of nitrogens with zero attached hydrogens (tertiary/aromatic N) is 2. The molecule has 0 radical (unpaired) electrons. The van der Waals surface area contributed by atoms with Crippen molar-refractivity contribution in [2.24, 2.45) is 11.8 Å². The lowest BCUT2D eigenvalue weighted by Crippen LogP contribution is -2.54. The Morgan fingerprint density at radius 2 is 2.20 bits per heavy atom. The van der Waals surface area contributed by atoms with Crippen LogP contribution in [0, 0.1) is 23.2 Å². The highest BCUT2D eigenvalue weighted by Crippen LogP contribution is 2.15. The monoisotopic (exact) mass is 209 g/mol. The van der Waals surface area contributed by atoms with Gasteiger partial charge in [-0.25, -0.2) is 0 Å². The average molecular weight is 209 g/mol. The van der Waals surface area contributed by atoms with Gasteiger partial charge in [0.25, 0.3) is 0 Å². The number of hydrogen-bond acceptors (Lipinski definition) is 3. The van der Waals surface area contributed by atoms with Crippen LogP contribution in [0.3, 0.4) is 0 Å². The zero-order valence-electron chi connectivity index (χ0n) is 9.66. The molecule has 4 nitrogen and oxygen atoms in total. The Morgan fingerprint density at radius 1 is 1.53 bits per heavy atom. The molecule has 4 heteroatoms. The van der Waals surface area contributed by atoms with Crippen LogP contribution in [-0.4, -0.2) is 36.5 Å². The Balaban J connectivity index is 2.68. The molecule has 0 spiro atoms. The van der Waals surface area contributed by atoms with Crippen LogP contribution in [0.4, 0.5) is 0 Å². The third-order valence-corrected chi connectivity index (χ3v) is 3.07. The van der Waals surface area contributed by atoms with E-state index in [1.807, 2.05) is 20.8 Å². The number of carbonyl (C=O) groups is 1. The first-order chi connectivity index (χ1) is 7.07. The van der Waals surface area contributed by atoms with Gasteiger partial charge in [-0.2, -0.15) is 5.26 Å². The van der Waals surface area contributed by atoms with Gasteiger partial charge in [0.15, 0.2) is 0 Å². The van der Waals surface area contributed by atoms with Crippen LogP contribution in [0.15, 0.2) is 0 Å². The first-order valence-corrected chi connectivity index (χ1v) is 5.48. The highest BCUT2D eigenvalue weighted by Gasteiger charge is 2.30. The molecule has 1 saturated heterocycles. The Hall–Kier alpha value is -1.08. The summed E-state index contributed by atoms with van der Waals surface area (Å²) in [4.78, 5) is 13.8. The molecule has 0 saturated carbocycles. The maximum absolute atomic E-state index is 12.1. The Kier molecular flexibility index (Phi) is 4.10. The van der Waals surface area contributed by atoms with Gasteiger partial charge in [-0.1, -0.05) is 20.8 Å². The zero-order chi connectivity index (χ0) is 11.4.